The van der Waals surface area contributed by atoms with Gasteiger partial charge >= 0.3 is 5.69 Å². The van der Waals surface area contributed by atoms with E-state index >= 15 is 0 Å². The fourth-order valence-corrected chi connectivity index (χ4v) is 2.00. The standard InChI is InChI=1S/C18H24N4O4/c1-13(2)15(4)7-5-6-14(3)10-11-19-20-17-9-8-16(21(23)24)12-18(17)22(25)26/h7-13,20H,5-6H2,1-4H3. The highest BCUT2D eigenvalue weighted by Gasteiger charge is 2.18. The summed E-state index contributed by atoms with van der Waals surface area (Å²) >= 11 is 0. The predicted octanol–water partition coefficient (Wildman–Crippen LogP) is 5.23. The molecule has 0 aliphatic heterocycles. The van der Waals surface area contributed by atoms with Crippen molar-refractivity contribution in [3.05, 3.63) is 61.7 Å². The summed E-state index contributed by atoms with van der Waals surface area (Å²) in [6, 6.07) is 3.36. The van der Waals surface area contributed by atoms with Crippen LogP contribution >= 0.6 is 0 Å². The van der Waals surface area contributed by atoms with Crippen LogP contribution in [-0.4, -0.2) is 16.1 Å². The smallest absolute Gasteiger partial charge is 0.272 e. The number of hydrogen-bond donors (Lipinski definition) is 1. The number of nitrogens with one attached hydrogen (secondary N) is 1. The minimum Gasteiger partial charge on any atom is -0.272 e. The molecule has 0 radical (unpaired) electrons. The second-order valence-corrected chi connectivity index (χ2v) is 6.26. The zero-order chi connectivity index (χ0) is 19.7. The van der Waals surface area contributed by atoms with Crippen molar-refractivity contribution in [2.45, 2.75) is 40.5 Å². The number of hydrogen-bond acceptors (Lipinski definition) is 6. The number of nitro groups is 2. The lowest BCUT2D eigenvalue weighted by Gasteiger charge is -2.04. The lowest BCUT2D eigenvalue weighted by atomic mass is 10.0. The van der Waals surface area contributed by atoms with E-state index in [0.29, 0.717) is 5.92 Å². The minimum absolute atomic E-state index is 0.0957. The Morgan fingerprint density at radius 2 is 1.92 bits per heavy atom. The molecule has 0 atom stereocenters. The molecular formula is C18H24N4O4. The van der Waals surface area contributed by atoms with Gasteiger partial charge in [0.2, 0.25) is 0 Å². The van der Waals surface area contributed by atoms with Crippen LogP contribution in [0, 0.1) is 26.1 Å². The summed E-state index contributed by atoms with van der Waals surface area (Å²) < 4.78 is 0. The Hall–Kier alpha value is -3.03. The van der Waals surface area contributed by atoms with Crippen molar-refractivity contribution in [2.75, 3.05) is 5.43 Å². The summed E-state index contributed by atoms with van der Waals surface area (Å²) in [5, 5.41) is 25.7. The first-order chi connectivity index (χ1) is 12.2. The topological polar surface area (TPSA) is 111 Å². The van der Waals surface area contributed by atoms with Crippen molar-refractivity contribution in [1.82, 2.24) is 0 Å². The highest BCUT2D eigenvalue weighted by Crippen LogP contribution is 2.28. The summed E-state index contributed by atoms with van der Waals surface area (Å²) in [5.41, 5.74) is 4.40. The molecule has 1 aromatic rings. The summed E-state index contributed by atoms with van der Waals surface area (Å²) in [6.45, 7) is 8.42. The van der Waals surface area contributed by atoms with E-state index in [1.165, 1.54) is 23.9 Å². The summed E-state index contributed by atoms with van der Waals surface area (Å²) in [6.07, 6.45) is 7.40. The van der Waals surface area contributed by atoms with E-state index in [1.807, 2.05) is 13.0 Å². The van der Waals surface area contributed by atoms with Gasteiger partial charge in [0.15, 0.2) is 0 Å². The molecule has 0 spiro atoms. The Kier molecular flexibility index (Phi) is 8.14. The first-order valence-electron chi connectivity index (χ1n) is 8.26. The number of hydrazone groups is 1. The van der Waals surface area contributed by atoms with Crippen LogP contribution in [0.5, 0.6) is 0 Å². The van der Waals surface area contributed by atoms with Gasteiger partial charge in [-0.2, -0.15) is 5.10 Å². The van der Waals surface area contributed by atoms with Crippen LogP contribution in [0.2, 0.25) is 0 Å². The van der Waals surface area contributed by atoms with E-state index in [1.54, 1.807) is 0 Å². The second kappa shape index (κ2) is 10.1. The molecule has 1 aromatic carbocycles. The summed E-state index contributed by atoms with van der Waals surface area (Å²) in [5.74, 6) is 0.544. The molecule has 0 fully saturated rings. The number of non-ortho nitro benzene ring substituents is 1. The zero-order valence-corrected chi connectivity index (χ0v) is 15.4. The van der Waals surface area contributed by atoms with Gasteiger partial charge in [0.25, 0.3) is 5.69 Å². The molecule has 0 bridgehead atoms. The Morgan fingerprint density at radius 1 is 1.23 bits per heavy atom. The quantitative estimate of drug-likeness (QED) is 0.280. The molecule has 1 rings (SSSR count). The molecule has 0 amide bonds. The second-order valence-electron chi connectivity index (χ2n) is 6.26. The monoisotopic (exact) mass is 360 g/mol. The fraction of sp³-hybridized carbons (Fsp3) is 0.389. The molecule has 0 unspecified atom stereocenters. The van der Waals surface area contributed by atoms with E-state index in [4.69, 9.17) is 0 Å². The van der Waals surface area contributed by atoms with Crippen molar-refractivity contribution >= 4 is 23.3 Å². The zero-order valence-electron chi connectivity index (χ0n) is 15.4. The number of rotatable bonds is 9. The van der Waals surface area contributed by atoms with E-state index in [2.05, 4.69) is 37.4 Å². The number of allylic oxidation sites excluding steroid dienone is 4. The molecule has 0 aromatic heterocycles. The predicted molar refractivity (Wildman–Crippen MR) is 103 cm³/mol. The highest BCUT2D eigenvalue weighted by atomic mass is 16.6. The van der Waals surface area contributed by atoms with Gasteiger partial charge in [0, 0.05) is 12.3 Å². The van der Waals surface area contributed by atoms with Gasteiger partial charge in [-0.3, -0.25) is 25.7 Å². The molecule has 26 heavy (non-hydrogen) atoms. The van der Waals surface area contributed by atoms with E-state index < -0.39 is 15.5 Å². The summed E-state index contributed by atoms with van der Waals surface area (Å²) in [7, 11) is 0. The fourth-order valence-electron chi connectivity index (χ4n) is 2.00. The van der Waals surface area contributed by atoms with Crippen LogP contribution in [0.4, 0.5) is 17.1 Å². The molecule has 140 valence electrons. The molecule has 0 aliphatic carbocycles. The van der Waals surface area contributed by atoms with Crippen molar-refractivity contribution in [2.24, 2.45) is 11.0 Å². The van der Waals surface area contributed by atoms with E-state index in [0.717, 1.165) is 24.5 Å². The number of nitrogens with zero attached hydrogens (tertiary/aromatic N) is 3. The van der Waals surface area contributed by atoms with Crippen molar-refractivity contribution in [3.8, 4) is 0 Å². The Balaban J connectivity index is 2.69. The van der Waals surface area contributed by atoms with Gasteiger partial charge in [-0.15, -0.1) is 0 Å². The largest absolute Gasteiger partial charge is 0.301 e. The minimum atomic E-state index is -0.685. The molecule has 8 nitrogen and oxygen atoms in total. The van der Waals surface area contributed by atoms with Crippen molar-refractivity contribution in [3.63, 3.8) is 0 Å². The van der Waals surface area contributed by atoms with Crippen molar-refractivity contribution < 1.29 is 9.85 Å². The van der Waals surface area contributed by atoms with Crippen LogP contribution in [0.25, 0.3) is 0 Å². The number of anilines is 1. The lowest BCUT2D eigenvalue weighted by molar-refractivity contribution is -0.393. The van der Waals surface area contributed by atoms with Gasteiger partial charge in [0.1, 0.15) is 5.69 Å². The van der Waals surface area contributed by atoms with Crippen LogP contribution in [0.3, 0.4) is 0 Å². The molecular weight excluding hydrogens is 336 g/mol. The molecule has 1 N–H and O–H groups in total. The average molecular weight is 360 g/mol. The Labute approximate surface area is 152 Å². The van der Waals surface area contributed by atoms with Crippen LogP contribution in [0.15, 0.2) is 46.6 Å². The Morgan fingerprint density at radius 3 is 2.50 bits per heavy atom. The van der Waals surface area contributed by atoms with E-state index in [9.17, 15) is 20.2 Å². The van der Waals surface area contributed by atoms with Gasteiger partial charge < -0.3 is 0 Å². The van der Waals surface area contributed by atoms with Gasteiger partial charge in [-0.1, -0.05) is 31.1 Å². The lowest BCUT2D eigenvalue weighted by Crippen LogP contribution is -1.98. The molecule has 0 aliphatic rings. The normalized spacial score (nSPS) is 12.7. The molecule has 0 saturated carbocycles. The van der Waals surface area contributed by atoms with Gasteiger partial charge in [-0.05, 0) is 44.7 Å². The van der Waals surface area contributed by atoms with Crippen LogP contribution in [-0.2, 0) is 0 Å². The maximum Gasteiger partial charge on any atom is 0.301 e. The maximum absolute atomic E-state index is 11.0. The summed E-state index contributed by atoms with van der Waals surface area (Å²) in [4.78, 5) is 20.4. The number of nitro benzene ring substituents is 2. The van der Waals surface area contributed by atoms with E-state index in [-0.39, 0.29) is 11.4 Å². The third kappa shape index (κ3) is 6.84. The maximum atomic E-state index is 11.0. The third-order valence-corrected chi connectivity index (χ3v) is 3.92. The van der Waals surface area contributed by atoms with Crippen molar-refractivity contribution in [1.29, 1.82) is 0 Å². The highest BCUT2D eigenvalue weighted by molar-refractivity contribution is 5.74. The van der Waals surface area contributed by atoms with Crippen LogP contribution < -0.4 is 5.43 Å². The molecule has 0 heterocycles. The van der Waals surface area contributed by atoms with Crippen LogP contribution in [0.1, 0.15) is 40.5 Å². The first kappa shape index (κ1) is 21.0. The number of benzene rings is 1. The molecule has 8 heteroatoms. The first-order valence-corrected chi connectivity index (χ1v) is 8.26. The Bertz CT molecular complexity index is 752. The third-order valence-electron chi connectivity index (χ3n) is 3.92. The SMILES string of the molecule is CC(=CC=NNc1ccc([N+](=O)[O-])cc1[N+](=O)[O-])CCC=C(C)C(C)C. The van der Waals surface area contributed by atoms with Gasteiger partial charge in [-0.25, -0.2) is 0 Å². The average Bonchev–Trinajstić information content (AvgIpc) is 2.58. The van der Waals surface area contributed by atoms with Gasteiger partial charge in [0.05, 0.1) is 15.9 Å². The molecule has 0 saturated heterocycles.